The first kappa shape index (κ1) is 20.0. The average molecular weight is 383 g/mol. The number of rotatable bonds is 5. The fourth-order valence-electron chi connectivity index (χ4n) is 3.48. The predicted octanol–water partition coefficient (Wildman–Crippen LogP) is 3.16. The van der Waals surface area contributed by atoms with E-state index in [9.17, 15) is 0 Å². The molecule has 6 nitrogen and oxygen atoms in total. The van der Waals surface area contributed by atoms with Crippen molar-refractivity contribution in [1.29, 1.82) is 0 Å². The molecule has 150 valence electrons. The summed E-state index contributed by atoms with van der Waals surface area (Å²) in [7, 11) is 5.13. The van der Waals surface area contributed by atoms with Gasteiger partial charge in [0, 0.05) is 31.8 Å². The van der Waals surface area contributed by atoms with Crippen LogP contribution in [0.3, 0.4) is 0 Å². The van der Waals surface area contributed by atoms with E-state index < -0.39 is 0 Å². The number of nitrogens with one attached hydrogen (secondary N) is 1. The van der Waals surface area contributed by atoms with Gasteiger partial charge in [-0.2, -0.15) is 0 Å². The summed E-state index contributed by atoms with van der Waals surface area (Å²) in [4.78, 5) is 6.72. The molecule has 0 bridgehead atoms. The minimum Gasteiger partial charge on any atom is -0.497 e. The Hall–Kier alpha value is -2.73. The molecular weight excluding hydrogens is 354 g/mol. The normalized spacial score (nSPS) is 17.4. The summed E-state index contributed by atoms with van der Waals surface area (Å²) in [5.74, 6) is 2.43. The summed E-state index contributed by atoms with van der Waals surface area (Å²) in [6, 6.07) is 14.2. The number of methoxy groups -OCH3 is 2. The maximum Gasteiger partial charge on any atom is 0.194 e. The van der Waals surface area contributed by atoms with Gasteiger partial charge in [-0.3, -0.25) is 4.99 Å². The molecule has 0 radical (unpaired) electrons. The fraction of sp³-hybridized carbons (Fsp3) is 0.409. The van der Waals surface area contributed by atoms with Gasteiger partial charge in [0.2, 0.25) is 0 Å². The molecule has 0 saturated carbocycles. The standard InChI is InChI=1S/C22H29N3O3/c1-16-7-5-6-8-19(16)21-15-25(11-12-28-21)22(23-2)24-14-17-9-10-18(26-3)13-20(17)27-4/h5-10,13,21H,11-12,14-15H2,1-4H3,(H,23,24). The van der Waals surface area contributed by atoms with E-state index in [2.05, 4.69) is 46.4 Å². The van der Waals surface area contributed by atoms with Crippen LogP contribution < -0.4 is 14.8 Å². The van der Waals surface area contributed by atoms with Gasteiger partial charge >= 0.3 is 0 Å². The summed E-state index contributed by atoms with van der Waals surface area (Å²) in [6.45, 7) is 4.99. The summed E-state index contributed by atoms with van der Waals surface area (Å²) in [6.07, 6.45) is 0.0454. The minimum atomic E-state index is 0.0454. The number of hydrogen-bond donors (Lipinski definition) is 1. The lowest BCUT2D eigenvalue weighted by Crippen LogP contribution is -2.48. The summed E-state index contributed by atoms with van der Waals surface area (Å²) in [5.41, 5.74) is 3.54. The van der Waals surface area contributed by atoms with Crippen molar-refractivity contribution in [3.8, 4) is 11.5 Å². The number of benzene rings is 2. The first-order chi connectivity index (χ1) is 13.7. The Kier molecular flexibility index (Phi) is 6.76. The van der Waals surface area contributed by atoms with Crippen LogP contribution in [-0.4, -0.2) is 51.8 Å². The lowest BCUT2D eigenvalue weighted by atomic mass is 10.0. The minimum absolute atomic E-state index is 0.0454. The molecule has 1 aliphatic rings. The van der Waals surface area contributed by atoms with E-state index in [0.29, 0.717) is 13.2 Å². The average Bonchev–Trinajstić information content (AvgIpc) is 2.74. The number of aliphatic imine (C=N–C) groups is 1. The van der Waals surface area contributed by atoms with E-state index >= 15 is 0 Å². The Morgan fingerprint density at radius 2 is 2.04 bits per heavy atom. The zero-order chi connectivity index (χ0) is 19.9. The van der Waals surface area contributed by atoms with Gasteiger partial charge in [-0.15, -0.1) is 0 Å². The van der Waals surface area contributed by atoms with Gasteiger partial charge in [0.1, 0.15) is 17.6 Å². The highest BCUT2D eigenvalue weighted by molar-refractivity contribution is 5.80. The molecule has 0 amide bonds. The molecule has 0 spiro atoms. The Morgan fingerprint density at radius 1 is 1.21 bits per heavy atom. The largest absolute Gasteiger partial charge is 0.497 e. The van der Waals surface area contributed by atoms with Crippen LogP contribution in [0.5, 0.6) is 11.5 Å². The van der Waals surface area contributed by atoms with Crippen molar-refractivity contribution in [1.82, 2.24) is 10.2 Å². The number of guanidine groups is 1. The second-order valence-electron chi connectivity index (χ2n) is 6.74. The first-order valence-corrected chi connectivity index (χ1v) is 9.50. The van der Waals surface area contributed by atoms with Gasteiger partial charge in [0.05, 0.1) is 27.4 Å². The molecule has 6 heteroatoms. The van der Waals surface area contributed by atoms with Crippen LogP contribution >= 0.6 is 0 Å². The van der Waals surface area contributed by atoms with E-state index in [-0.39, 0.29) is 6.10 Å². The first-order valence-electron chi connectivity index (χ1n) is 9.50. The van der Waals surface area contributed by atoms with Crippen LogP contribution in [-0.2, 0) is 11.3 Å². The van der Waals surface area contributed by atoms with E-state index in [1.54, 1.807) is 14.2 Å². The fourth-order valence-corrected chi connectivity index (χ4v) is 3.48. The van der Waals surface area contributed by atoms with Crippen LogP contribution in [0.25, 0.3) is 0 Å². The number of ether oxygens (including phenoxy) is 3. The number of morpholine rings is 1. The van der Waals surface area contributed by atoms with E-state index in [4.69, 9.17) is 14.2 Å². The van der Waals surface area contributed by atoms with Crippen LogP contribution in [0.1, 0.15) is 22.8 Å². The molecule has 1 atom stereocenters. The predicted molar refractivity (Wildman–Crippen MR) is 111 cm³/mol. The Balaban J connectivity index is 1.68. The van der Waals surface area contributed by atoms with E-state index in [1.807, 2.05) is 25.2 Å². The van der Waals surface area contributed by atoms with Gasteiger partial charge < -0.3 is 24.4 Å². The second-order valence-corrected chi connectivity index (χ2v) is 6.74. The number of nitrogens with zero attached hydrogens (tertiary/aromatic N) is 2. The summed E-state index contributed by atoms with van der Waals surface area (Å²) >= 11 is 0. The lowest BCUT2D eigenvalue weighted by molar-refractivity contribution is -0.00834. The topological polar surface area (TPSA) is 55.3 Å². The maximum atomic E-state index is 6.04. The molecule has 1 unspecified atom stereocenters. The Bertz CT molecular complexity index is 822. The Morgan fingerprint density at radius 3 is 2.75 bits per heavy atom. The molecule has 1 saturated heterocycles. The van der Waals surface area contributed by atoms with Crippen LogP contribution in [0.15, 0.2) is 47.5 Å². The van der Waals surface area contributed by atoms with Gasteiger partial charge in [-0.1, -0.05) is 24.3 Å². The lowest BCUT2D eigenvalue weighted by Gasteiger charge is -2.35. The summed E-state index contributed by atoms with van der Waals surface area (Å²) < 4.78 is 16.8. The van der Waals surface area contributed by atoms with E-state index in [1.165, 1.54) is 11.1 Å². The van der Waals surface area contributed by atoms with E-state index in [0.717, 1.165) is 36.1 Å². The zero-order valence-corrected chi connectivity index (χ0v) is 17.1. The van der Waals surface area contributed by atoms with Crippen molar-refractivity contribution in [3.63, 3.8) is 0 Å². The van der Waals surface area contributed by atoms with Crippen molar-refractivity contribution < 1.29 is 14.2 Å². The third-order valence-corrected chi connectivity index (χ3v) is 5.04. The van der Waals surface area contributed by atoms with Crippen LogP contribution in [0, 0.1) is 6.92 Å². The molecule has 28 heavy (non-hydrogen) atoms. The highest BCUT2D eigenvalue weighted by Crippen LogP contribution is 2.26. The van der Waals surface area contributed by atoms with Crippen molar-refractivity contribution in [2.75, 3.05) is 41.0 Å². The molecular formula is C22H29N3O3. The third kappa shape index (κ3) is 4.57. The highest BCUT2D eigenvalue weighted by Gasteiger charge is 2.25. The van der Waals surface area contributed by atoms with Crippen molar-refractivity contribution in [3.05, 3.63) is 59.2 Å². The zero-order valence-electron chi connectivity index (χ0n) is 17.1. The Labute approximate surface area is 167 Å². The second kappa shape index (κ2) is 9.46. The SMILES string of the molecule is CN=C(NCc1ccc(OC)cc1OC)N1CCOC(c2ccccc2C)C1. The molecule has 1 N–H and O–H groups in total. The molecule has 2 aromatic rings. The molecule has 0 aliphatic carbocycles. The van der Waals surface area contributed by atoms with Crippen molar-refractivity contribution >= 4 is 5.96 Å². The number of hydrogen-bond acceptors (Lipinski definition) is 4. The van der Waals surface area contributed by atoms with Crippen molar-refractivity contribution in [2.45, 2.75) is 19.6 Å². The molecule has 3 rings (SSSR count). The van der Waals surface area contributed by atoms with Gasteiger partial charge in [-0.25, -0.2) is 0 Å². The highest BCUT2D eigenvalue weighted by atomic mass is 16.5. The van der Waals surface area contributed by atoms with Gasteiger partial charge in [-0.05, 0) is 30.2 Å². The molecule has 1 aliphatic heterocycles. The monoisotopic (exact) mass is 383 g/mol. The third-order valence-electron chi connectivity index (χ3n) is 5.04. The van der Waals surface area contributed by atoms with Crippen LogP contribution in [0.4, 0.5) is 0 Å². The molecule has 1 heterocycles. The van der Waals surface area contributed by atoms with Gasteiger partial charge in [0.15, 0.2) is 5.96 Å². The number of aryl methyl sites for hydroxylation is 1. The molecule has 0 aromatic heterocycles. The van der Waals surface area contributed by atoms with Gasteiger partial charge in [0.25, 0.3) is 0 Å². The smallest absolute Gasteiger partial charge is 0.194 e. The van der Waals surface area contributed by atoms with Crippen molar-refractivity contribution in [2.24, 2.45) is 4.99 Å². The quantitative estimate of drug-likeness (QED) is 0.635. The van der Waals surface area contributed by atoms with Crippen LogP contribution in [0.2, 0.25) is 0 Å². The molecule has 1 fully saturated rings. The maximum absolute atomic E-state index is 6.04. The molecule has 2 aromatic carbocycles. The summed E-state index contributed by atoms with van der Waals surface area (Å²) in [5, 5.41) is 3.45.